The summed E-state index contributed by atoms with van der Waals surface area (Å²) in [6.45, 7) is 3.43. The molecule has 0 saturated carbocycles. The smallest absolute Gasteiger partial charge is 0.340 e. The Labute approximate surface area is 167 Å². The monoisotopic (exact) mass is 395 g/mol. The Kier molecular flexibility index (Phi) is 6.45. The lowest BCUT2D eigenvalue weighted by molar-refractivity contribution is -0.143. The van der Waals surface area contributed by atoms with E-state index in [1.165, 1.54) is 11.3 Å². The van der Waals surface area contributed by atoms with E-state index in [1.54, 1.807) is 31.4 Å². The number of amides is 1. The van der Waals surface area contributed by atoms with E-state index in [0.29, 0.717) is 11.3 Å². The number of ether oxygens (including phenoxy) is 1. The number of thiophene rings is 1. The minimum atomic E-state index is -0.537. The topological polar surface area (TPSA) is 68.5 Å². The number of hydrogen-bond donors (Lipinski definition) is 1. The lowest BCUT2D eigenvalue weighted by atomic mass is 10.1. The maximum atomic E-state index is 12.7. The van der Waals surface area contributed by atoms with Gasteiger partial charge in [-0.3, -0.25) is 4.79 Å². The first kappa shape index (κ1) is 19.6. The summed E-state index contributed by atoms with van der Waals surface area (Å²) in [5, 5.41) is 4.64. The van der Waals surface area contributed by atoms with Crippen LogP contribution in [0.25, 0.3) is 11.6 Å². The fourth-order valence-electron chi connectivity index (χ4n) is 2.69. The third-order valence-corrected chi connectivity index (χ3v) is 4.94. The highest BCUT2D eigenvalue weighted by atomic mass is 32.1. The van der Waals surface area contributed by atoms with E-state index in [9.17, 15) is 9.59 Å². The van der Waals surface area contributed by atoms with E-state index < -0.39 is 11.9 Å². The maximum absolute atomic E-state index is 12.7. The molecule has 1 N–H and O–H groups in total. The summed E-state index contributed by atoms with van der Waals surface area (Å²) in [4.78, 5) is 25.6. The Morgan fingerprint density at radius 1 is 1.21 bits per heavy atom. The van der Waals surface area contributed by atoms with Gasteiger partial charge < -0.3 is 14.5 Å². The number of carbonyl (C=O) groups is 2. The number of nitrogens with one attached hydrogen (secondary N) is 1. The molecule has 0 aliphatic carbocycles. The summed E-state index contributed by atoms with van der Waals surface area (Å²) < 4.78 is 10.5. The van der Waals surface area contributed by atoms with Gasteiger partial charge in [-0.05, 0) is 49.1 Å². The minimum Gasteiger partial charge on any atom is -0.467 e. The molecule has 1 atom stereocenters. The zero-order chi connectivity index (χ0) is 19.9. The van der Waals surface area contributed by atoms with Crippen LogP contribution in [-0.4, -0.2) is 18.5 Å². The molecule has 5 nitrogen and oxygen atoms in total. The van der Waals surface area contributed by atoms with Crippen molar-refractivity contribution in [2.75, 3.05) is 6.61 Å². The molecule has 144 valence electrons. The van der Waals surface area contributed by atoms with Gasteiger partial charge in [0.25, 0.3) is 5.91 Å². The molecule has 3 rings (SSSR count). The molecule has 0 spiro atoms. The van der Waals surface area contributed by atoms with Gasteiger partial charge in [0.15, 0.2) is 6.61 Å². The van der Waals surface area contributed by atoms with E-state index in [2.05, 4.69) is 5.32 Å². The third-order valence-electron chi connectivity index (χ3n) is 4.04. The molecular formula is C22H21NO4S. The first-order valence-electron chi connectivity index (χ1n) is 8.85. The van der Waals surface area contributed by atoms with Crippen molar-refractivity contribution in [3.63, 3.8) is 0 Å². The summed E-state index contributed by atoms with van der Waals surface area (Å²) in [5.41, 5.74) is 2.42. The van der Waals surface area contributed by atoms with Crippen molar-refractivity contribution in [1.29, 1.82) is 0 Å². The third kappa shape index (κ3) is 5.20. The first-order valence-corrected chi connectivity index (χ1v) is 9.73. The van der Waals surface area contributed by atoms with Crippen molar-refractivity contribution in [2.24, 2.45) is 0 Å². The first-order chi connectivity index (χ1) is 13.5. The predicted octanol–water partition coefficient (Wildman–Crippen LogP) is 4.61. The molecule has 0 saturated heterocycles. The Morgan fingerprint density at radius 3 is 2.75 bits per heavy atom. The highest BCUT2D eigenvalue weighted by Gasteiger charge is 2.18. The van der Waals surface area contributed by atoms with Gasteiger partial charge in [0.2, 0.25) is 0 Å². The summed E-state index contributed by atoms with van der Waals surface area (Å²) in [6.07, 6.45) is 3.33. The second-order valence-electron chi connectivity index (χ2n) is 6.33. The molecule has 2 heterocycles. The van der Waals surface area contributed by atoms with Crippen molar-refractivity contribution in [1.82, 2.24) is 5.32 Å². The molecule has 1 aromatic carbocycles. The van der Waals surface area contributed by atoms with Gasteiger partial charge in [0.1, 0.15) is 5.76 Å². The summed E-state index contributed by atoms with van der Waals surface area (Å²) in [7, 11) is 0. The van der Waals surface area contributed by atoms with Crippen LogP contribution in [0.15, 0.2) is 64.6 Å². The van der Waals surface area contributed by atoms with Gasteiger partial charge in [0.05, 0.1) is 17.9 Å². The summed E-state index contributed by atoms with van der Waals surface area (Å²) >= 11 is 1.44. The molecule has 0 radical (unpaired) electrons. The Hall–Kier alpha value is -3.12. The van der Waals surface area contributed by atoms with Gasteiger partial charge in [-0.15, -0.1) is 11.3 Å². The van der Waals surface area contributed by atoms with Gasteiger partial charge in [-0.2, -0.15) is 0 Å². The Balaban J connectivity index is 1.67. The van der Waals surface area contributed by atoms with Crippen LogP contribution >= 0.6 is 11.3 Å². The van der Waals surface area contributed by atoms with Crippen molar-refractivity contribution in [2.45, 2.75) is 19.9 Å². The highest BCUT2D eigenvalue weighted by Crippen LogP contribution is 2.24. The van der Waals surface area contributed by atoms with Crippen molar-refractivity contribution >= 4 is 34.9 Å². The number of esters is 1. The normalized spacial score (nSPS) is 12.4. The molecular weight excluding hydrogens is 374 g/mol. The second-order valence-corrected chi connectivity index (χ2v) is 7.28. The molecule has 0 fully saturated rings. The molecule has 0 aliphatic heterocycles. The van der Waals surface area contributed by atoms with E-state index >= 15 is 0 Å². The lowest BCUT2D eigenvalue weighted by Crippen LogP contribution is -2.31. The van der Waals surface area contributed by atoms with Gasteiger partial charge in [-0.25, -0.2) is 4.79 Å². The van der Waals surface area contributed by atoms with E-state index in [0.717, 1.165) is 16.0 Å². The molecule has 0 aliphatic rings. The van der Waals surface area contributed by atoms with E-state index in [-0.39, 0.29) is 12.6 Å². The predicted molar refractivity (Wildman–Crippen MR) is 110 cm³/mol. The van der Waals surface area contributed by atoms with Crippen LogP contribution < -0.4 is 5.32 Å². The van der Waals surface area contributed by atoms with Gasteiger partial charge in [-0.1, -0.05) is 35.9 Å². The zero-order valence-corrected chi connectivity index (χ0v) is 16.5. The van der Waals surface area contributed by atoms with Crippen molar-refractivity contribution in [3.05, 3.63) is 81.9 Å². The van der Waals surface area contributed by atoms with E-state index in [1.807, 2.05) is 48.7 Å². The maximum Gasteiger partial charge on any atom is 0.340 e. The van der Waals surface area contributed by atoms with E-state index in [4.69, 9.17) is 9.15 Å². The average molecular weight is 395 g/mol. The number of hydrogen-bond acceptors (Lipinski definition) is 5. The number of carbonyl (C=O) groups excluding carboxylic acids is 2. The Bertz CT molecular complexity index is 958. The molecule has 28 heavy (non-hydrogen) atoms. The molecule has 2 aromatic heterocycles. The molecule has 0 unspecified atom stereocenters. The quantitative estimate of drug-likeness (QED) is 0.468. The van der Waals surface area contributed by atoms with Crippen LogP contribution in [0.2, 0.25) is 0 Å². The summed E-state index contributed by atoms with van der Waals surface area (Å²) in [5.74, 6) is -0.290. The summed E-state index contributed by atoms with van der Waals surface area (Å²) in [6, 6.07) is 14.8. The lowest BCUT2D eigenvalue weighted by Gasteiger charge is -2.12. The second kappa shape index (κ2) is 9.19. The largest absolute Gasteiger partial charge is 0.467 e. The highest BCUT2D eigenvalue weighted by molar-refractivity contribution is 7.11. The van der Waals surface area contributed by atoms with Crippen LogP contribution in [0, 0.1) is 6.92 Å². The number of rotatable bonds is 7. The fourth-order valence-corrected chi connectivity index (χ4v) is 3.42. The van der Waals surface area contributed by atoms with Crippen molar-refractivity contribution in [3.8, 4) is 0 Å². The van der Waals surface area contributed by atoms with Crippen LogP contribution in [0.5, 0.6) is 0 Å². The van der Waals surface area contributed by atoms with Crippen LogP contribution in [-0.2, 0) is 14.3 Å². The molecule has 6 heteroatoms. The average Bonchev–Trinajstić information content (AvgIpc) is 3.38. The molecule has 3 aromatic rings. The number of aryl methyl sites for hydroxylation is 1. The molecule has 1 amide bonds. The van der Waals surface area contributed by atoms with Crippen LogP contribution in [0.4, 0.5) is 0 Å². The molecule has 0 bridgehead atoms. The zero-order valence-electron chi connectivity index (χ0n) is 15.7. The SMILES string of the molecule is Cc1cccc(/C=C(/C(=O)OCC(=O)N[C@@H](C)c2ccco2)c2cccs2)c1. The van der Waals surface area contributed by atoms with Gasteiger partial charge >= 0.3 is 5.97 Å². The number of furan rings is 1. The number of benzene rings is 1. The van der Waals surface area contributed by atoms with Crippen molar-refractivity contribution < 1.29 is 18.7 Å². The standard InChI is InChI=1S/C22H21NO4S/c1-15-6-3-7-17(12-15)13-18(20-9-5-11-28-20)22(25)27-14-21(24)23-16(2)19-8-4-10-26-19/h3-13,16H,14H2,1-2H3,(H,23,24)/b18-13+/t16-/m0/s1. The van der Waals surface area contributed by atoms with Crippen LogP contribution in [0.3, 0.4) is 0 Å². The van der Waals surface area contributed by atoms with Crippen LogP contribution in [0.1, 0.15) is 34.7 Å². The minimum absolute atomic E-state index is 0.305. The Morgan fingerprint density at radius 2 is 2.07 bits per heavy atom. The van der Waals surface area contributed by atoms with Gasteiger partial charge in [0, 0.05) is 4.88 Å². The fraction of sp³-hybridized carbons (Fsp3) is 0.182.